The van der Waals surface area contributed by atoms with E-state index in [9.17, 15) is 18.0 Å². The Morgan fingerprint density at radius 2 is 1.97 bits per heavy atom. The maximum Gasteiger partial charge on any atom is 0.264 e. The molecule has 3 heterocycles. The van der Waals surface area contributed by atoms with Gasteiger partial charge in [0.25, 0.3) is 11.5 Å². The maximum atomic E-state index is 12.9. The summed E-state index contributed by atoms with van der Waals surface area (Å²) >= 11 is 0. The lowest BCUT2D eigenvalue weighted by molar-refractivity contribution is -0.201. The van der Waals surface area contributed by atoms with Gasteiger partial charge in [0.2, 0.25) is 0 Å². The van der Waals surface area contributed by atoms with E-state index in [1.807, 2.05) is 30.5 Å². The molecule has 0 bridgehead atoms. The van der Waals surface area contributed by atoms with Gasteiger partial charge in [0.05, 0.1) is 12.7 Å². The minimum atomic E-state index is -3.84. The lowest BCUT2D eigenvalue weighted by Crippen LogP contribution is -2.51. The van der Waals surface area contributed by atoms with Crippen molar-refractivity contribution in [2.75, 3.05) is 12.9 Å². The zero-order valence-corrected chi connectivity index (χ0v) is 22.9. The molecule has 2 unspecified atom stereocenters. The van der Waals surface area contributed by atoms with Crippen LogP contribution in [-0.4, -0.2) is 57.8 Å². The number of ether oxygens (including phenoxy) is 1. The number of sulfone groups is 1. The van der Waals surface area contributed by atoms with Crippen molar-refractivity contribution in [3.8, 4) is 22.4 Å². The van der Waals surface area contributed by atoms with Crippen LogP contribution in [0.25, 0.3) is 22.4 Å². The van der Waals surface area contributed by atoms with Crippen molar-refractivity contribution in [3.63, 3.8) is 0 Å². The number of nitrogens with one attached hydrogen (secondary N) is 1. The molecule has 1 saturated heterocycles. The third-order valence-corrected chi connectivity index (χ3v) is 8.94. The highest BCUT2D eigenvalue weighted by atomic mass is 32.2. The third-order valence-electron chi connectivity index (χ3n) is 6.91. The molecule has 208 valence electrons. The van der Waals surface area contributed by atoms with Crippen LogP contribution in [0.1, 0.15) is 32.6 Å². The summed E-state index contributed by atoms with van der Waals surface area (Å²) in [6.45, 7) is 6.14. The number of nitrogens with zero attached hydrogens (tertiary/aromatic N) is 4. The van der Waals surface area contributed by atoms with Crippen molar-refractivity contribution >= 4 is 15.7 Å². The zero-order valence-electron chi connectivity index (χ0n) is 22.1. The normalized spacial score (nSPS) is 17.3. The average Bonchev–Trinajstić information content (AvgIpc) is 3.39. The van der Waals surface area contributed by atoms with Gasteiger partial charge in [-0.1, -0.05) is 35.6 Å². The summed E-state index contributed by atoms with van der Waals surface area (Å²) in [5.74, 6) is -0.798. The van der Waals surface area contributed by atoms with Crippen molar-refractivity contribution in [1.82, 2.24) is 25.0 Å². The highest BCUT2D eigenvalue weighted by Crippen LogP contribution is 2.25. The van der Waals surface area contributed by atoms with Crippen LogP contribution in [0.5, 0.6) is 0 Å². The minimum Gasteiger partial charge on any atom is -0.350 e. The van der Waals surface area contributed by atoms with Crippen LogP contribution in [0.2, 0.25) is 0 Å². The van der Waals surface area contributed by atoms with Crippen LogP contribution >= 0.6 is 0 Å². The Labute approximate surface area is 227 Å². The molecule has 0 saturated carbocycles. The molecule has 39 heavy (non-hydrogen) atoms. The van der Waals surface area contributed by atoms with E-state index in [4.69, 9.17) is 9.57 Å². The number of hydroxylamine groups is 1. The molecule has 1 N–H and O–H groups in total. The van der Waals surface area contributed by atoms with Crippen molar-refractivity contribution in [1.29, 1.82) is 0 Å². The van der Waals surface area contributed by atoms with Gasteiger partial charge in [0.1, 0.15) is 5.69 Å². The average molecular weight is 556 g/mol. The molecular formula is C27H33N5O6S. The molecule has 3 aromatic rings. The van der Waals surface area contributed by atoms with Crippen molar-refractivity contribution in [2.45, 2.75) is 56.7 Å². The fraction of sp³-hybridized carbons (Fsp3) is 0.407. The highest BCUT2D eigenvalue weighted by molar-refractivity contribution is 7.92. The number of benzene rings is 1. The molecule has 12 heteroatoms. The number of aryl methyl sites for hydroxylation is 1. The first-order chi connectivity index (χ1) is 18.6. The number of hydrogen-bond acceptors (Lipinski definition) is 8. The van der Waals surface area contributed by atoms with Crippen molar-refractivity contribution < 1.29 is 22.8 Å². The van der Waals surface area contributed by atoms with Crippen LogP contribution in [0.3, 0.4) is 0 Å². The number of carbonyl (C=O) groups excluding carboxylic acids is 1. The van der Waals surface area contributed by atoms with Crippen LogP contribution in [0.4, 0.5) is 0 Å². The van der Waals surface area contributed by atoms with Gasteiger partial charge >= 0.3 is 0 Å². The number of hydrogen-bond donors (Lipinski definition) is 1. The van der Waals surface area contributed by atoms with Gasteiger partial charge in [-0.2, -0.15) is 0 Å². The van der Waals surface area contributed by atoms with E-state index < -0.39 is 26.8 Å². The SMILES string of the molecule is C=CCn1cc(-c2ccc(-c3ccn(CCC(C)(C(=O)NOC4CCCCO4)S(C)(=O)=O)c(=O)c3)cc2)nn1. The molecule has 11 nitrogen and oxygen atoms in total. The molecular weight excluding hydrogens is 522 g/mol. The number of aromatic nitrogens is 4. The molecule has 0 spiro atoms. The Bertz CT molecular complexity index is 1470. The minimum absolute atomic E-state index is 0.0232. The van der Waals surface area contributed by atoms with E-state index in [-0.39, 0.29) is 18.5 Å². The third kappa shape index (κ3) is 6.70. The monoisotopic (exact) mass is 555 g/mol. The van der Waals surface area contributed by atoms with Gasteiger partial charge in [-0.15, -0.1) is 11.7 Å². The largest absolute Gasteiger partial charge is 0.350 e. The smallest absolute Gasteiger partial charge is 0.264 e. The summed E-state index contributed by atoms with van der Waals surface area (Å²) in [4.78, 5) is 31.1. The van der Waals surface area contributed by atoms with Gasteiger partial charge in [-0.05, 0) is 43.4 Å². The van der Waals surface area contributed by atoms with Gasteiger partial charge in [-0.25, -0.2) is 23.4 Å². The predicted octanol–water partition coefficient (Wildman–Crippen LogP) is 2.73. The number of allylic oxidation sites excluding steroid dienone is 1. The number of rotatable bonds is 11. The van der Waals surface area contributed by atoms with E-state index in [1.165, 1.54) is 17.6 Å². The molecule has 0 radical (unpaired) electrons. The second-order valence-electron chi connectivity index (χ2n) is 9.74. The quantitative estimate of drug-likeness (QED) is 0.282. The molecule has 1 aromatic carbocycles. The summed E-state index contributed by atoms with van der Waals surface area (Å²) in [5.41, 5.74) is 5.11. The summed E-state index contributed by atoms with van der Waals surface area (Å²) in [6.07, 6.45) is 7.85. The van der Waals surface area contributed by atoms with Crippen LogP contribution in [0.15, 0.2) is 66.2 Å². The van der Waals surface area contributed by atoms with E-state index in [2.05, 4.69) is 22.4 Å². The second-order valence-corrected chi connectivity index (χ2v) is 12.2. The molecule has 1 aliphatic heterocycles. The van der Waals surface area contributed by atoms with E-state index >= 15 is 0 Å². The Morgan fingerprint density at radius 1 is 1.23 bits per heavy atom. The van der Waals surface area contributed by atoms with E-state index in [0.717, 1.165) is 35.9 Å². The van der Waals surface area contributed by atoms with E-state index in [1.54, 1.807) is 23.0 Å². The van der Waals surface area contributed by atoms with Gasteiger partial charge < -0.3 is 9.30 Å². The van der Waals surface area contributed by atoms with Gasteiger partial charge in [0, 0.05) is 43.7 Å². The van der Waals surface area contributed by atoms with Crippen LogP contribution in [-0.2, 0) is 37.3 Å². The fourth-order valence-electron chi connectivity index (χ4n) is 4.19. The Kier molecular flexibility index (Phi) is 8.78. The molecule has 4 rings (SSSR count). The summed E-state index contributed by atoms with van der Waals surface area (Å²) in [7, 11) is -3.84. The first-order valence-corrected chi connectivity index (χ1v) is 14.6. The topological polar surface area (TPSA) is 134 Å². The van der Waals surface area contributed by atoms with Gasteiger partial charge in [0.15, 0.2) is 20.9 Å². The first kappa shape index (κ1) is 28.4. The summed E-state index contributed by atoms with van der Waals surface area (Å²) in [6, 6.07) is 10.8. The molecule has 1 aliphatic rings. The van der Waals surface area contributed by atoms with Crippen LogP contribution in [0, 0.1) is 0 Å². The summed E-state index contributed by atoms with van der Waals surface area (Å²) < 4.78 is 31.9. The Morgan fingerprint density at radius 3 is 2.62 bits per heavy atom. The molecule has 1 amide bonds. The molecule has 1 fully saturated rings. The standard InChI is InChI=1S/C27H33N5O6S/c1-4-14-32-19-23(28-30-32)21-10-8-20(9-11-21)22-12-15-31(24(33)18-22)16-13-27(2,39(3,35)36)26(34)29-38-25-7-5-6-17-37-25/h4,8-12,15,18-19,25H,1,5-7,13-14,16-17H2,2-3H3,(H,29,34). The highest BCUT2D eigenvalue weighted by Gasteiger charge is 2.44. The fourth-order valence-corrected chi connectivity index (χ4v) is 5.03. The van der Waals surface area contributed by atoms with Gasteiger partial charge in [-0.3, -0.25) is 9.59 Å². The zero-order chi connectivity index (χ0) is 28.0. The first-order valence-electron chi connectivity index (χ1n) is 12.7. The number of carbonyl (C=O) groups is 1. The maximum absolute atomic E-state index is 12.9. The summed E-state index contributed by atoms with van der Waals surface area (Å²) in [5, 5.41) is 8.22. The second kappa shape index (κ2) is 12.1. The Hall–Kier alpha value is -3.61. The lowest BCUT2D eigenvalue weighted by Gasteiger charge is -2.28. The Balaban J connectivity index is 1.43. The number of pyridine rings is 1. The predicted molar refractivity (Wildman–Crippen MR) is 146 cm³/mol. The molecule has 0 aliphatic carbocycles. The van der Waals surface area contributed by atoms with E-state index in [0.29, 0.717) is 25.1 Å². The van der Waals surface area contributed by atoms with Crippen molar-refractivity contribution in [2.24, 2.45) is 0 Å². The molecule has 2 aromatic heterocycles. The van der Waals surface area contributed by atoms with Crippen molar-refractivity contribution in [3.05, 3.63) is 71.8 Å². The number of amides is 1. The molecule has 2 atom stereocenters. The lowest BCUT2D eigenvalue weighted by atomic mass is 10.0. The van der Waals surface area contributed by atoms with Crippen LogP contribution < -0.4 is 11.0 Å².